The van der Waals surface area contributed by atoms with E-state index >= 15 is 0 Å². The zero-order chi connectivity index (χ0) is 65.2. The first-order valence-electron chi connectivity index (χ1n) is 31.0. The van der Waals surface area contributed by atoms with Crippen LogP contribution in [0.25, 0.3) is 0 Å². The van der Waals surface area contributed by atoms with Gasteiger partial charge in [-0.3, -0.25) is 38.5 Å². The van der Waals surface area contributed by atoms with Crippen LogP contribution in [0.4, 0.5) is 0 Å². The van der Waals surface area contributed by atoms with Crippen molar-refractivity contribution >= 4 is 47.4 Å². The molecule has 0 aromatic heterocycles. The van der Waals surface area contributed by atoms with Gasteiger partial charge in [0.1, 0.15) is 24.7 Å². The summed E-state index contributed by atoms with van der Waals surface area (Å²) in [6, 6.07) is 4.96. The standard InChI is InChI=1S/C64H111N7O15/c1-20-42(6)56(70(17)61(79)54(40(2)3)68-60(78)55(41(4)5)69(15)16)49(81-18)36-51(74)71-33-25-29-48(71)57(82-19)43(7)58(76)67-47(35-45-27-22-21-23-28-45)59(77)65-32-26-34-83-62(80)44(8)66-50(73)30-24-31-52(75)84-39-53(86-64(12,13)14)85-46(38-72)37-63(9,10)11/h21-23,27-28,40-44,46-49,53-57,72H,20,24-26,29-39H2,1-19H3,(H,65,77)(H,66,73)(H,67,76)(H,68,78). The molecular formula is C64H111N7O15. The van der Waals surface area contributed by atoms with E-state index in [4.69, 9.17) is 28.4 Å². The first kappa shape index (κ1) is 76.8. The van der Waals surface area contributed by atoms with Gasteiger partial charge < -0.3 is 64.6 Å². The van der Waals surface area contributed by atoms with Crippen molar-refractivity contribution in [2.45, 2.75) is 228 Å². The van der Waals surface area contributed by atoms with Gasteiger partial charge in [-0.05, 0) is 103 Å². The molecule has 22 heteroatoms. The summed E-state index contributed by atoms with van der Waals surface area (Å²) in [6.45, 7) is 26.5. The molecule has 0 radical (unpaired) electrons. The summed E-state index contributed by atoms with van der Waals surface area (Å²) in [5, 5.41) is 21.3. The van der Waals surface area contributed by atoms with Crippen LogP contribution in [0.3, 0.4) is 0 Å². The van der Waals surface area contributed by atoms with Crippen LogP contribution in [0.15, 0.2) is 30.3 Å². The van der Waals surface area contributed by atoms with Gasteiger partial charge in [0.2, 0.25) is 35.4 Å². The third kappa shape index (κ3) is 26.6. The minimum Gasteiger partial charge on any atom is -0.464 e. The van der Waals surface area contributed by atoms with Crippen molar-refractivity contribution in [1.29, 1.82) is 0 Å². The molecule has 1 aliphatic rings. The molecule has 86 heavy (non-hydrogen) atoms. The fraction of sp³-hybridized carbons (Fsp3) is 0.781. The van der Waals surface area contributed by atoms with Crippen molar-refractivity contribution in [1.82, 2.24) is 36.0 Å². The maximum atomic E-state index is 14.5. The largest absolute Gasteiger partial charge is 0.464 e. The summed E-state index contributed by atoms with van der Waals surface area (Å²) in [6.07, 6.45) is -0.0669. The molecule has 1 heterocycles. The Bertz CT molecular complexity index is 2250. The number of esters is 2. The molecule has 492 valence electrons. The van der Waals surface area contributed by atoms with E-state index in [1.165, 1.54) is 21.1 Å². The number of hydrogen-bond acceptors (Lipinski definition) is 16. The Labute approximate surface area is 514 Å². The number of carbonyl (C=O) groups is 8. The van der Waals surface area contributed by atoms with Crippen molar-refractivity contribution < 1.29 is 71.9 Å². The zero-order valence-corrected chi connectivity index (χ0v) is 55.6. The summed E-state index contributed by atoms with van der Waals surface area (Å²) in [5.41, 5.74) is 0.0632. The molecule has 1 aromatic carbocycles. The quantitative estimate of drug-likeness (QED) is 0.0307. The molecular weight excluding hydrogens is 1110 g/mol. The Morgan fingerprint density at radius 1 is 0.791 bits per heavy atom. The molecule has 5 N–H and O–H groups in total. The number of ether oxygens (including phenoxy) is 6. The maximum absolute atomic E-state index is 14.5. The molecule has 0 spiro atoms. The first-order valence-corrected chi connectivity index (χ1v) is 31.0. The Morgan fingerprint density at radius 2 is 1.44 bits per heavy atom. The van der Waals surface area contributed by atoms with Crippen LogP contribution in [0.2, 0.25) is 0 Å². The van der Waals surface area contributed by atoms with Crippen LogP contribution >= 0.6 is 0 Å². The van der Waals surface area contributed by atoms with Crippen molar-refractivity contribution in [3.63, 3.8) is 0 Å². The number of nitrogens with zero attached hydrogens (tertiary/aromatic N) is 3. The topological polar surface area (TPSA) is 270 Å². The van der Waals surface area contributed by atoms with E-state index in [9.17, 15) is 43.5 Å². The molecule has 6 amide bonds. The van der Waals surface area contributed by atoms with Crippen molar-refractivity contribution in [3.8, 4) is 0 Å². The van der Waals surface area contributed by atoms with Gasteiger partial charge in [-0.1, -0.05) is 106 Å². The lowest BCUT2D eigenvalue weighted by Crippen LogP contribution is -2.59. The second-order valence-corrected chi connectivity index (χ2v) is 26.2. The average molecular weight is 1220 g/mol. The second kappa shape index (κ2) is 37.6. The van der Waals surface area contributed by atoms with Crippen molar-refractivity contribution in [3.05, 3.63) is 35.9 Å². The molecule has 12 atom stereocenters. The van der Waals surface area contributed by atoms with E-state index in [1.807, 2.05) is 132 Å². The number of aliphatic hydroxyl groups is 1. The van der Waals surface area contributed by atoms with E-state index in [0.29, 0.717) is 32.2 Å². The SMILES string of the molecule is CCC(C)C(C(CC(=O)N1CCCC1C(OC)C(C)C(=O)NC(Cc1ccccc1)C(=O)NCCCOC(=O)C(C)NC(=O)CCCC(=O)OCC(OC(CO)CC(C)(C)C)OC(C)(C)C)OC)N(C)C(=O)C(NC(=O)C(C(C)C)N(C)C)C(C)C. The van der Waals surface area contributed by atoms with Gasteiger partial charge >= 0.3 is 11.9 Å². The third-order valence-electron chi connectivity index (χ3n) is 15.5. The van der Waals surface area contributed by atoms with E-state index in [1.54, 1.807) is 23.8 Å². The Balaban J connectivity index is 2.05. The number of benzene rings is 1. The minimum absolute atomic E-state index is 0.00333. The summed E-state index contributed by atoms with van der Waals surface area (Å²) >= 11 is 0. The number of hydrogen-bond donors (Lipinski definition) is 5. The lowest BCUT2D eigenvalue weighted by molar-refractivity contribution is -0.241. The van der Waals surface area contributed by atoms with E-state index < -0.39 is 102 Å². The molecule has 12 unspecified atom stereocenters. The van der Waals surface area contributed by atoms with Crippen LogP contribution in [0.1, 0.15) is 160 Å². The normalized spacial score (nSPS) is 17.7. The first-order chi connectivity index (χ1) is 40.2. The Kier molecular flexibility index (Phi) is 33.6. The number of amides is 6. The van der Waals surface area contributed by atoms with E-state index in [2.05, 4.69) is 21.3 Å². The number of nitrogens with one attached hydrogen (secondary N) is 4. The molecule has 2 rings (SSSR count). The summed E-state index contributed by atoms with van der Waals surface area (Å²) in [5.74, 6) is -4.49. The minimum atomic E-state index is -1.00. The number of rotatable bonds is 38. The highest BCUT2D eigenvalue weighted by molar-refractivity contribution is 5.91. The molecule has 0 aliphatic carbocycles. The van der Waals surface area contributed by atoms with Gasteiger partial charge in [0.15, 0.2) is 6.29 Å². The molecule has 1 fully saturated rings. The van der Waals surface area contributed by atoms with Crippen LogP contribution in [0, 0.1) is 29.1 Å². The van der Waals surface area contributed by atoms with Crippen molar-refractivity contribution in [2.24, 2.45) is 29.1 Å². The lowest BCUT2D eigenvalue weighted by Gasteiger charge is -2.41. The highest BCUT2D eigenvalue weighted by Crippen LogP contribution is 2.30. The molecule has 22 nitrogen and oxygen atoms in total. The molecule has 1 saturated heterocycles. The number of aliphatic hydroxyl groups excluding tert-OH is 1. The second-order valence-electron chi connectivity index (χ2n) is 26.2. The predicted molar refractivity (Wildman–Crippen MR) is 329 cm³/mol. The lowest BCUT2D eigenvalue weighted by atomic mass is 9.89. The summed E-state index contributed by atoms with van der Waals surface area (Å²) < 4.78 is 34.9. The third-order valence-corrected chi connectivity index (χ3v) is 15.5. The van der Waals surface area contributed by atoms with Crippen LogP contribution in [0.5, 0.6) is 0 Å². The Hall–Kier alpha value is -5.26. The van der Waals surface area contributed by atoms with Gasteiger partial charge in [-0.15, -0.1) is 0 Å². The van der Waals surface area contributed by atoms with Gasteiger partial charge in [0, 0.05) is 53.6 Å². The molecule has 1 aliphatic heterocycles. The number of likely N-dealkylation sites (tertiary alicyclic amines) is 1. The van der Waals surface area contributed by atoms with Gasteiger partial charge in [-0.2, -0.15) is 0 Å². The molecule has 0 bridgehead atoms. The maximum Gasteiger partial charge on any atom is 0.328 e. The highest BCUT2D eigenvalue weighted by Gasteiger charge is 2.44. The zero-order valence-electron chi connectivity index (χ0n) is 55.6. The smallest absolute Gasteiger partial charge is 0.328 e. The van der Waals surface area contributed by atoms with E-state index in [0.717, 1.165) is 5.56 Å². The highest BCUT2D eigenvalue weighted by atomic mass is 16.7. The fourth-order valence-corrected chi connectivity index (χ4v) is 11.0. The molecule has 1 aromatic rings. The fourth-order valence-electron chi connectivity index (χ4n) is 11.0. The van der Waals surface area contributed by atoms with Gasteiger partial charge in [0.25, 0.3) is 0 Å². The number of carbonyl (C=O) groups excluding carboxylic acids is 8. The van der Waals surface area contributed by atoms with Crippen LogP contribution in [-0.2, 0) is 73.2 Å². The average Bonchev–Trinajstić information content (AvgIpc) is 3.54. The van der Waals surface area contributed by atoms with Crippen LogP contribution < -0.4 is 21.3 Å². The van der Waals surface area contributed by atoms with Gasteiger partial charge in [-0.25, -0.2) is 4.79 Å². The number of methoxy groups -OCH3 is 2. The Morgan fingerprint density at radius 3 is 1.99 bits per heavy atom. The van der Waals surface area contributed by atoms with Gasteiger partial charge in [0.05, 0.1) is 67.6 Å². The number of likely N-dealkylation sites (N-methyl/N-ethyl adjacent to an activating group) is 2. The van der Waals surface area contributed by atoms with Crippen molar-refractivity contribution in [2.75, 3.05) is 68.3 Å². The molecule has 0 saturated carbocycles. The monoisotopic (exact) mass is 1220 g/mol. The van der Waals surface area contributed by atoms with Crippen LogP contribution in [-0.4, -0.2) is 202 Å². The summed E-state index contributed by atoms with van der Waals surface area (Å²) in [7, 11) is 8.41. The van der Waals surface area contributed by atoms with E-state index in [-0.39, 0.29) is 106 Å². The summed E-state index contributed by atoms with van der Waals surface area (Å²) in [4.78, 5) is 114. The predicted octanol–water partition coefficient (Wildman–Crippen LogP) is 5.58.